The molecule has 2 atom stereocenters. The number of urea groups is 1. The van der Waals surface area contributed by atoms with Crippen LogP contribution in [0.15, 0.2) is 65.6 Å². The van der Waals surface area contributed by atoms with Crippen molar-refractivity contribution in [2.24, 2.45) is 0 Å². The Labute approximate surface area is 222 Å². The molecule has 0 bridgehead atoms. The summed E-state index contributed by atoms with van der Waals surface area (Å²) in [5.41, 5.74) is 0.886. The van der Waals surface area contributed by atoms with E-state index in [2.05, 4.69) is 10.6 Å². The number of halogens is 1. The van der Waals surface area contributed by atoms with E-state index in [9.17, 15) is 19.2 Å². The molecule has 9 nitrogen and oxygen atoms in total. The average Bonchev–Trinajstić information content (AvgIpc) is 3.66. The molecule has 192 valence electrons. The third kappa shape index (κ3) is 5.55. The van der Waals surface area contributed by atoms with Crippen molar-refractivity contribution in [2.45, 2.75) is 24.9 Å². The largest absolute Gasteiger partial charge is 0.345 e. The van der Waals surface area contributed by atoms with Gasteiger partial charge in [0.05, 0.1) is 21.3 Å². The number of carbonyl (C=O) groups excluding carboxylic acids is 3. The highest BCUT2D eigenvalue weighted by Gasteiger charge is 2.39. The maximum atomic E-state index is 13.1. The van der Waals surface area contributed by atoms with Crippen LogP contribution in [-0.2, 0) is 0 Å². The molecule has 4 heterocycles. The summed E-state index contributed by atoms with van der Waals surface area (Å²) in [6.07, 6.45) is 3.62. The van der Waals surface area contributed by atoms with Crippen LogP contribution in [0.5, 0.6) is 0 Å². The molecule has 0 radical (unpaired) electrons. The lowest BCUT2D eigenvalue weighted by Gasteiger charge is -2.23. The molecule has 0 unspecified atom stereocenters. The maximum Gasteiger partial charge on any atom is 0.320 e. The summed E-state index contributed by atoms with van der Waals surface area (Å²) in [6, 6.07) is 13.9. The number of benzene rings is 1. The Morgan fingerprint density at radius 2 is 1.51 bits per heavy atom. The lowest BCUT2D eigenvalue weighted by molar-refractivity contribution is 0.0898. The number of nitrogens with one attached hydrogen (secondary N) is 2. The van der Waals surface area contributed by atoms with E-state index < -0.39 is 12.1 Å². The second-order valence-corrected chi connectivity index (χ2v) is 10.8. The summed E-state index contributed by atoms with van der Waals surface area (Å²) in [5.74, 6) is -0.625. The second-order valence-electron chi connectivity index (χ2n) is 9.10. The van der Waals surface area contributed by atoms with Gasteiger partial charge in [-0.2, -0.15) is 0 Å². The molecule has 37 heavy (non-hydrogen) atoms. The Morgan fingerprint density at radius 1 is 0.838 bits per heavy atom. The Morgan fingerprint density at radius 3 is 2.14 bits per heavy atom. The molecular weight excluding hydrogens is 514 g/mol. The van der Waals surface area contributed by atoms with Gasteiger partial charge < -0.3 is 20.4 Å². The van der Waals surface area contributed by atoms with Gasteiger partial charge in [-0.3, -0.25) is 19.0 Å². The van der Waals surface area contributed by atoms with Crippen LogP contribution in [-0.4, -0.2) is 70.5 Å². The summed E-state index contributed by atoms with van der Waals surface area (Å²) in [5, 5.41) is 5.97. The molecular formula is C26H26ClN5O4S. The Bertz CT molecular complexity index is 1370. The molecule has 5 rings (SSSR count). The maximum absolute atomic E-state index is 13.1. The smallest absolute Gasteiger partial charge is 0.320 e. The molecule has 2 fully saturated rings. The molecule has 2 saturated heterocycles. The third-order valence-corrected chi connectivity index (χ3v) is 7.86. The van der Waals surface area contributed by atoms with Crippen LogP contribution >= 0.6 is 22.9 Å². The van der Waals surface area contributed by atoms with Crippen LogP contribution in [0.1, 0.15) is 32.9 Å². The van der Waals surface area contributed by atoms with Gasteiger partial charge in [-0.05, 0) is 55.3 Å². The zero-order valence-corrected chi connectivity index (χ0v) is 21.5. The van der Waals surface area contributed by atoms with Gasteiger partial charge in [0, 0.05) is 49.7 Å². The van der Waals surface area contributed by atoms with Crippen LogP contribution in [0.3, 0.4) is 0 Å². The van der Waals surface area contributed by atoms with Crippen LogP contribution in [0.2, 0.25) is 4.34 Å². The molecule has 2 N–H and O–H groups in total. The Balaban J connectivity index is 1.31. The molecule has 2 aromatic heterocycles. The van der Waals surface area contributed by atoms with E-state index in [4.69, 9.17) is 11.6 Å². The minimum Gasteiger partial charge on any atom is -0.345 e. The van der Waals surface area contributed by atoms with Crippen molar-refractivity contribution in [1.82, 2.24) is 25.0 Å². The number of hydrogen-bond acceptors (Lipinski definition) is 5. The van der Waals surface area contributed by atoms with E-state index >= 15 is 0 Å². The van der Waals surface area contributed by atoms with Crippen LogP contribution in [0, 0.1) is 0 Å². The first kappa shape index (κ1) is 25.0. The molecule has 2 aliphatic rings. The predicted octanol–water partition coefficient (Wildman–Crippen LogP) is 2.98. The fraction of sp³-hybridized carbons (Fsp3) is 0.308. The van der Waals surface area contributed by atoms with Gasteiger partial charge in [-0.1, -0.05) is 17.7 Å². The minimum atomic E-state index is -0.477. The second kappa shape index (κ2) is 10.8. The van der Waals surface area contributed by atoms with Gasteiger partial charge in [0.25, 0.3) is 17.4 Å². The zero-order chi connectivity index (χ0) is 25.9. The lowest BCUT2D eigenvalue weighted by Crippen LogP contribution is -2.50. The summed E-state index contributed by atoms with van der Waals surface area (Å²) >= 11 is 7.16. The van der Waals surface area contributed by atoms with Gasteiger partial charge in [0.1, 0.15) is 0 Å². The van der Waals surface area contributed by atoms with E-state index in [0.717, 1.165) is 12.8 Å². The van der Waals surface area contributed by atoms with Crippen LogP contribution < -0.4 is 16.2 Å². The highest BCUT2D eigenvalue weighted by molar-refractivity contribution is 7.18. The predicted molar refractivity (Wildman–Crippen MR) is 142 cm³/mol. The quantitative estimate of drug-likeness (QED) is 0.520. The van der Waals surface area contributed by atoms with Gasteiger partial charge in [0.2, 0.25) is 0 Å². The molecule has 1 aromatic carbocycles. The number of hydrogen-bond donors (Lipinski definition) is 2. The van der Waals surface area contributed by atoms with E-state index in [0.29, 0.717) is 40.1 Å². The molecule has 4 amide bonds. The van der Waals surface area contributed by atoms with Crippen molar-refractivity contribution in [1.29, 1.82) is 0 Å². The first-order valence-electron chi connectivity index (χ1n) is 12.1. The normalized spacial score (nSPS) is 19.2. The monoisotopic (exact) mass is 539 g/mol. The average molecular weight is 540 g/mol. The van der Waals surface area contributed by atoms with Crippen LogP contribution in [0.25, 0.3) is 5.69 Å². The topological polar surface area (TPSA) is 104 Å². The number of pyridine rings is 1. The van der Waals surface area contributed by atoms with Crippen molar-refractivity contribution in [3.63, 3.8) is 0 Å². The Kier molecular flexibility index (Phi) is 7.29. The van der Waals surface area contributed by atoms with Crippen molar-refractivity contribution >= 4 is 40.8 Å². The number of nitrogens with zero attached hydrogens (tertiary/aromatic N) is 3. The lowest BCUT2D eigenvalue weighted by atomic mass is 10.1. The molecule has 11 heteroatoms. The van der Waals surface area contributed by atoms with E-state index in [-0.39, 0.29) is 29.9 Å². The summed E-state index contributed by atoms with van der Waals surface area (Å²) in [4.78, 5) is 55.1. The first-order valence-corrected chi connectivity index (χ1v) is 13.3. The highest BCUT2D eigenvalue weighted by Crippen LogP contribution is 2.23. The molecule has 0 spiro atoms. The van der Waals surface area contributed by atoms with Crippen molar-refractivity contribution < 1.29 is 14.4 Å². The Hall–Kier alpha value is -3.63. The van der Waals surface area contributed by atoms with Crippen molar-refractivity contribution in [3.8, 4) is 5.69 Å². The summed E-state index contributed by atoms with van der Waals surface area (Å²) in [7, 11) is 0. The number of likely N-dealkylation sites (tertiary alicyclic amines) is 2. The summed E-state index contributed by atoms with van der Waals surface area (Å²) < 4.78 is 2.00. The first-order chi connectivity index (χ1) is 17.9. The van der Waals surface area contributed by atoms with E-state index in [1.54, 1.807) is 59.6 Å². The molecule has 0 saturated carbocycles. The van der Waals surface area contributed by atoms with Crippen molar-refractivity contribution in [3.05, 3.63) is 85.9 Å². The van der Waals surface area contributed by atoms with Gasteiger partial charge in [0.15, 0.2) is 0 Å². The fourth-order valence-corrected chi connectivity index (χ4v) is 5.65. The number of rotatable bonds is 5. The third-order valence-electron chi connectivity index (χ3n) is 6.63. The number of amides is 4. The SMILES string of the molecule is O=C(N[C@H]1CN(C(=O)N2CCCC2)C[C@H]1NC(=O)c1ccc(Cl)s1)c1ccc(-n2ccccc2=O)cc1. The van der Waals surface area contributed by atoms with Gasteiger partial charge in [-0.25, -0.2) is 4.79 Å². The zero-order valence-electron chi connectivity index (χ0n) is 19.9. The number of carbonyl (C=O) groups is 3. The fourth-order valence-electron chi connectivity index (χ4n) is 4.70. The number of thiophene rings is 1. The number of aromatic nitrogens is 1. The molecule has 0 aliphatic carbocycles. The molecule has 3 aromatic rings. The van der Waals surface area contributed by atoms with E-state index in [1.807, 2.05) is 4.90 Å². The highest BCUT2D eigenvalue weighted by atomic mass is 35.5. The van der Waals surface area contributed by atoms with E-state index in [1.165, 1.54) is 22.0 Å². The van der Waals surface area contributed by atoms with Gasteiger partial charge >= 0.3 is 6.03 Å². The minimum absolute atomic E-state index is 0.0784. The summed E-state index contributed by atoms with van der Waals surface area (Å²) in [6.45, 7) is 2.01. The standard InChI is InChI=1S/C26H26ClN5O4S/c27-22-11-10-21(37-22)25(35)29-20-16-31(26(36)30-12-3-4-13-30)15-19(20)28-24(34)17-6-8-18(9-7-17)32-14-2-1-5-23(32)33/h1-2,5-11,14,19-20H,3-4,12-13,15-16H2,(H,28,34)(H,29,35)/t19-,20+/m0/s1. The molecule has 2 aliphatic heterocycles. The van der Waals surface area contributed by atoms with Crippen LogP contribution in [0.4, 0.5) is 4.79 Å². The van der Waals surface area contributed by atoms with Gasteiger partial charge in [-0.15, -0.1) is 11.3 Å². The van der Waals surface area contributed by atoms with Crippen molar-refractivity contribution in [2.75, 3.05) is 26.2 Å².